The van der Waals surface area contributed by atoms with Crippen molar-refractivity contribution in [2.45, 2.75) is 63.4 Å². The number of aliphatic carboxylic acids is 1. The molecule has 4 N–H and O–H groups in total. The molecule has 2 atom stereocenters. The molecule has 1 aliphatic carbocycles. The number of nitriles is 1. The van der Waals surface area contributed by atoms with Crippen molar-refractivity contribution in [1.82, 2.24) is 10.3 Å². The average Bonchev–Trinajstić information content (AvgIpc) is 2.87. The van der Waals surface area contributed by atoms with Gasteiger partial charge >= 0.3 is 12.1 Å². The summed E-state index contributed by atoms with van der Waals surface area (Å²) in [6.07, 6.45) is -3.12. The van der Waals surface area contributed by atoms with Crippen molar-refractivity contribution >= 4 is 17.7 Å². The summed E-state index contributed by atoms with van der Waals surface area (Å²) in [6, 6.07) is 5.65. The van der Waals surface area contributed by atoms with Crippen molar-refractivity contribution in [3.63, 3.8) is 0 Å². The first kappa shape index (κ1) is 28.7. The molecule has 2 aromatic rings. The van der Waals surface area contributed by atoms with E-state index in [-0.39, 0.29) is 31.2 Å². The number of aliphatic hydroxyl groups is 1. The molecule has 1 aromatic heterocycles. The quantitative estimate of drug-likeness (QED) is 0.393. The smallest absolute Gasteiger partial charge is 0.419 e. The summed E-state index contributed by atoms with van der Waals surface area (Å²) >= 11 is 0. The second-order valence-corrected chi connectivity index (χ2v) is 9.46. The van der Waals surface area contributed by atoms with Gasteiger partial charge in [-0.25, -0.2) is 4.98 Å². The Morgan fingerprint density at radius 3 is 2.45 bits per heavy atom. The summed E-state index contributed by atoms with van der Waals surface area (Å²) in [7, 11) is 1.40. The van der Waals surface area contributed by atoms with Crippen LogP contribution in [0, 0.1) is 17.2 Å². The van der Waals surface area contributed by atoms with E-state index in [1.807, 2.05) is 6.07 Å². The van der Waals surface area contributed by atoms with Gasteiger partial charge in [0, 0.05) is 11.8 Å². The van der Waals surface area contributed by atoms with Crippen LogP contribution in [0.15, 0.2) is 30.5 Å². The molecule has 9 nitrogen and oxygen atoms in total. The molecular formula is C26H29F3N4O5. The average molecular weight is 535 g/mol. The van der Waals surface area contributed by atoms with E-state index in [1.165, 1.54) is 26.2 Å². The van der Waals surface area contributed by atoms with Crippen LogP contribution in [0.1, 0.15) is 72.6 Å². The molecule has 204 valence electrons. The normalized spacial score (nSPS) is 21.1. The lowest BCUT2D eigenvalue weighted by molar-refractivity contribution is -0.145. The number of carbonyl (C=O) groups excluding carboxylic acids is 1. The highest BCUT2D eigenvalue weighted by Crippen LogP contribution is 2.38. The number of nitrogens with one attached hydrogen (secondary N) is 2. The predicted molar refractivity (Wildman–Crippen MR) is 130 cm³/mol. The maximum absolute atomic E-state index is 14.0. The van der Waals surface area contributed by atoms with Crippen LogP contribution in [-0.4, -0.2) is 45.8 Å². The fraction of sp³-hybridized carbons (Fsp3) is 0.462. The zero-order chi connectivity index (χ0) is 28.3. The molecule has 1 aromatic carbocycles. The third-order valence-corrected chi connectivity index (χ3v) is 6.99. The molecule has 1 heterocycles. The van der Waals surface area contributed by atoms with Crippen molar-refractivity contribution in [1.29, 1.82) is 5.26 Å². The lowest BCUT2D eigenvalue weighted by Gasteiger charge is -2.39. The van der Waals surface area contributed by atoms with Gasteiger partial charge in [-0.3, -0.25) is 9.59 Å². The van der Waals surface area contributed by atoms with Crippen molar-refractivity contribution in [3.8, 4) is 11.8 Å². The highest BCUT2D eigenvalue weighted by molar-refractivity contribution is 5.94. The van der Waals surface area contributed by atoms with E-state index >= 15 is 0 Å². The number of pyridine rings is 1. The summed E-state index contributed by atoms with van der Waals surface area (Å²) in [4.78, 5) is 27.9. The summed E-state index contributed by atoms with van der Waals surface area (Å²) < 4.78 is 47.1. The van der Waals surface area contributed by atoms with Crippen molar-refractivity contribution in [3.05, 3.63) is 52.7 Å². The maximum Gasteiger partial charge on any atom is 0.419 e. The Bertz CT molecular complexity index is 1240. The van der Waals surface area contributed by atoms with Gasteiger partial charge in [0.05, 0.1) is 53.5 Å². The Morgan fingerprint density at radius 1 is 1.24 bits per heavy atom. The number of aromatic nitrogens is 1. The predicted octanol–water partition coefficient (Wildman–Crippen LogP) is 4.28. The van der Waals surface area contributed by atoms with Crippen molar-refractivity contribution < 1.29 is 37.7 Å². The molecule has 12 heteroatoms. The topological polar surface area (TPSA) is 145 Å². The van der Waals surface area contributed by atoms with Gasteiger partial charge in [-0.15, -0.1) is 0 Å². The fourth-order valence-electron chi connectivity index (χ4n) is 4.56. The molecule has 38 heavy (non-hydrogen) atoms. The molecular weight excluding hydrogens is 505 g/mol. The summed E-state index contributed by atoms with van der Waals surface area (Å²) in [5.41, 5.74) is -2.15. The van der Waals surface area contributed by atoms with Crippen LogP contribution in [0.25, 0.3) is 0 Å². The number of methoxy groups -OCH3 is 1. The molecule has 1 fully saturated rings. The van der Waals surface area contributed by atoms with Gasteiger partial charge in [-0.1, -0.05) is 0 Å². The van der Waals surface area contributed by atoms with Crippen LogP contribution < -0.4 is 15.4 Å². The highest BCUT2D eigenvalue weighted by Gasteiger charge is 2.41. The first-order chi connectivity index (χ1) is 17.8. The Balaban J connectivity index is 1.81. The van der Waals surface area contributed by atoms with Gasteiger partial charge < -0.3 is 25.6 Å². The third-order valence-electron chi connectivity index (χ3n) is 6.99. The minimum atomic E-state index is -4.84. The molecule has 1 aliphatic rings. The zero-order valence-corrected chi connectivity index (χ0v) is 21.1. The van der Waals surface area contributed by atoms with E-state index in [1.54, 1.807) is 13.0 Å². The Kier molecular flexibility index (Phi) is 8.51. The number of carboxylic acids is 1. The second-order valence-electron chi connectivity index (χ2n) is 9.46. The molecule has 1 saturated carbocycles. The number of carboxylic acid groups (broad SMARTS) is 1. The third kappa shape index (κ3) is 6.34. The first-order valence-corrected chi connectivity index (χ1v) is 12.0. The zero-order valence-electron chi connectivity index (χ0n) is 21.1. The monoisotopic (exact) mass is 534 g/mol. The number of halogens is 3. The molecule has 1 amide bonds. The number of carbonyl (C=O) groups is 2. The summed E-state index contributed by atoms with van der Waals surface area (Å²) in [6.45, 7) is 3.11. The lowest BCUT2D eigenvalue weighted by Crippen LogP contribution is -2.53. The van der Waals surface area contributed by atoms with Gasteiger partial charge in [-0.2, -0.15) is 18.4 Å². The maximum atomic E-state index is 14.0. The number of nitrogens with zero attached hydrogens (tertiary/aromatic N) is 2. The number of anilines is 1. The fourth-order valence-corrected chi connectivity index (χ4v) is 4.56. The van der Waals surface area contributed by atoms with Crippen LogP contribution in [0.4, 0.5) is 19.0 Å². The molecule has 3 rings (SSSR count). The van der Waals surface area contributed by atoms with Crippen LogP contribution in [0.5, 0.6) is 5.75 Å². The number of alkyl halides is 3. The van der Waals surface area contributed by atoms with E-state index in [4.69, 9.17) is 9.84 Å². The van der Waals surface area contributed by atoms with Crippen molar-refractivity contribution in [2.75, 3.05) is 12.4 Å². The van der Waals surface area contributed by atoms with Gasteiger partial charge in [-0.05, 0) is 63.8 Å². The van der Waals surface area contributed by atoms with Crippen LogP contribution in [0.2, 0.25) is 0 Å². The molecule has 0 aliphatic heterocycles. The second kappa shape index (κ2) is 11.3. The van der Waals surface area contributed by atoms with E-state index < -0.39 is 53.0 Å². The number of ether oxygens (including phenoxy) is 1. The minimum absolute atomic E-state index is 0.134. The van der Waals surface area contributed by atoms with E-state index in [2.05, 4.69) is 15.6 Å². The number of hydrogen-bond donors (Lipinski definition) is 4. The van der Waals surface area contributed by atoms with Gasteiger partial charge in [0.1, 0.15) is 11.6 Å². The van der Waals surface area contributed by atoms with Crippen molar-refractivity contribution in [2.24, 2.45) is 5.92 Å². The van der Waals surface area contributed by atoms with E-state index in [9.17, 15) is 33.1 Å². The first-order valence-electron chi connectivity index (χ1n) is 12.0. The number of amides is 1. The largest absolute Gasteiger partial charge is 0.496 e. The SMILES string of the molecule is COc1ccc(C#N)cc1[C@H](C)Nc1ncc(C(=O)NC(C)C2(O)CCC(C(=O)O)CC2)cc1C(F)(F)F. The Morgan fingerprint density at radius 2 is 1.89 bits per heavy atom. The van der Waals surface area contributed by atoms with Gasteiger partial charge in [0.15, 0.2) is 0 Å². The molecule has 0 saturated heterocycles. The molecule has 0 spiro atoms. The van der Waals surface area contributed by atoms with Crippen LogP contribution in [0.3, 0.4) is 0 Å². The van der Waals surface area contributed by atoms with Crippen LogP contribution >= 0.6 is 0 Å². The standard InChI is InChI=1S/C26H29F3N4O5/c1-14(19-10-16(12-30)4-5-21(19)38-3)32-22-20(26(27,28)29)11-18(13-31-22)23(34)33-15(2)25(37)8-6-17(7-9-25)24(35)36/h4-5,10-11,13-15,17,37H,6-9H2,1-3H3,(H,31,32)(H,33,34)(H,35,36)/t14-,15?,17?,25?/m0/s1. The van der Waals surface area contributed by atoms with E-state index in [0.29, 0.717) is 22.9 Å². The minimum Gasteiger partial charge on any atom is -0.496 e. The number of rotatable bonds is 8. The highest BCUT2D eigenvalue weighted by atomic mass is 19.4. The number of hydrogen-bond acceptors (Lipinski definition) is 7. The summed E-state index contributed by atoms with van der Waals surface area (Å²) in [5, 5.41) is 34.5. The molecule has 0 radical (unpaired) electrons. The number of benzene rings is 1. The van der Waals surface area contributed by atoms with Gasteiger partial charge in [0.25, 0.3) is 5.91 Å². The van der Waals surface area contributed by atoms with Gasteiger partial charge in [0.2, 0.25) is 0 Å². The Labute approximate surface area is 217 Å². The molecule has 0 bridgehead atoms. The molecule has 1 unspecified atom stereocenters. The lowest BCUT2D eigenvalue weighted by atomic mass is 9.75. The summed E-state index contributed by atoms with van der Waals surface area (Å²) in [5.74, 6) is -2.52. The van der Waals surface area contributed by atoms with E-state index in [0.717, 1.165) is 6.20 Å². The van der Waals surface area contributed by atoms with Crippen LogP contribution in [-0.2, 0) is 11.0 Å². The Hall–Kier alpha value is -3.85.